The first-order valence-corrected chi connectivity index (χ1v) is 6.22. The summed E-state index contributed by atoms with van der Waals surface area (Å²) < 4.78 is 1.14. The lowest BCUT2D eigenvalue weighted by Crippen LogP contribution is -2.29. The summed E-state index contributed by atoms with van der Waals surface area (Å²) in [6.07, 6.45) is 1.17. The largest absolute Gasteiger partial charge is 0.329 e. The van der Waals surface area contributed by atoms with Crippen molar-refractivity contribution in [2.75, 3.05) is 19.6 Å². The molecule has 2 N–H and O–H groups in total. The van der Waals surface area contributed by atoms with Crippen molar-refractivity contribution in [1.29, 1.82) is 0 Å². The van der Waals surface area contributed by atoms with E-state index in [0.717, 1.165) is 30.7 Å². The lowest BCUT2D eigenvalue weighted by Gasteiger charge is -2.20. The van der Waals surface area contributed by atoms with E-state index in [9.17, 15) is 0 Å². The van der Waals surface area contributed by atoms with Gasteiger partial charge in [0.25, 0.3) is 0 Å². The van der Waals surface area contributed by atoms with E-state index in [-0.39, 0.29) is 0 Å². The molecule has 0 heterocycles. The summed E-state index contributed by atoms with van der Waals surface area (Å²) in [7, 11) is 0. The Morgan fingerprint density at radius 3 is 2.73 bits per heavy atom. The van der Waals surface area contributed by atoms with Gasteiger partial charge in [-0.2, -0.15) is 0 Å². The van der Waals surface area contributed by atoms with Crippen LogP contribution in [0.1, 0.15) is 18.9 Å². The number of nitrogens with zero attached hydrogens (tertiary/aromatic N) is 1. The number of hydrogen-bond acceptors (Lipinski definition) is 2. The summed E-state index contributed by atoms with van der Waals surface area (Å²) in [6, 6.07) is 8.45. The Kier molecular flexibility index (Phi) is 5.91. The lowest BCUT2D eigenvalue weighted by atomic mass is 10.2. The molecule has 0 saturated carbocycles. The Morgan fingerprint density at radius 2 is 2.13 bits per heavy atom. The van der Waals surface area contributed by atoms with Gasteiger partial charge in [0.05, 0.1) is 0 Å². The van der Waals surface area contributed by atoms with Gasteiger partial charge in [-0.05, 0) is 30.7 Å². The maximum atomic E-state index is 5.59. The van der Waals surface area contributed by atoms with Gasteiger partial charge in [-0.25, -0.2) is 0 Å². The first-order valence-electron chi connectivity index (χ1n) is 5.43. The predicted octanol–water partition coefficient (Wildman–Crippen LogP) is 2.62. The van der Waals surface area contributed by atoms with Crippen LogP contribution in [0.4, 0.5) is 0 Å². The molecule has 0 aliphatic carbocycles. The van der Waals surface area contributed by atoms with E-state index < -0.39 is 0 Å². The molecule has 0 unspecified atom stereocenters. The van der Waals surface area contributed by atoms with Gasteiger partial charge < -0.3 is 5.73 Å². The molecule has 0 aliphatic heterocycles. The van der Waals surface area contributed by atoms with Crippen LogP contribution in [0.15, 0.2) is 28.7 Å². The van der Waals surface area contributed by atoms with Crippen molar-refractivity contribution in [2.45, 2.75) is 19.9 Å². The second-order valence-corrected chi connectivity index (χ2v) is 4.61. The highest BCUT2D eigenvalue weighted by atomic mass is 79.9. The summed E-state index contributed by atoms with van der Waals surface area (Å²) in [5.74, 6) is 0. The van der Waals surface area contributed by atoms with Gasteiger partial charge in [-0.15, -0.1) is 0 Å². The third-order valence-corrected chi connectivity index (χ3v) is 2.77. The minimum absolute atomic E-state index is 0.730. The maximum Gasteiger partial charge on any atom is 0.0234 e. The first-order chi connectivity index (χ1) is 7.26. The van der Waals surface area contributed by atoms with Crippen LogP contribution in [-0.4, -0.2) is 24.5 Å². The van der Waals surface area contributed by atoms with E-state index in [1.54, 1.807) is 0 Å². The zero-order chi connectivity index (χ0) is 11.1. The highest BCUT2D eigenvalue weighted by molar-refractivity contribution is 9.10. The molecule has 0 bridgehead atoms. The first kappa shape index (κ1) is 12.7. The van der Waals surface area contributed by atoms with Gasteiger partial charge in [0.1, 0.15) is 0 Å². The highest BCUT2D eigenvalue weighted by Gasteiger charge is 2.03. The molecule has 1 rings (SSSR count). The third-order valence-electron chi connectivity index (χ3n) is 2.28. The van der Waals surface area contributed by atoms with Crippen LogP contribution >= 0.6 is 15.9 Å². The molecule has 0 atom stereocenters. The molecule has 0 fully saturated rings. The fraction of sp³-hybridized carbons (Fsp3) is 0.500. The number of benzene rings is 1. The van der Waals surface area contributed by atoms with Crippen LogP contribution in [0, 0.1) is 0 Å². The zero-order valence-electron chi connectivity index (χ0n) is 9.25. The van der Waals surface area contributed by atoms with E-state index >= 15 is 0 Å². The van der Waals surface area contributed by atoms with Crippen LogP contribution in [0.3, 0.4) is 0 Å². The molecule has 2 nitrogen and oxygen atoms in total. The van der Waals surface area contributed by atoms with Crippen molar-refractivity contribution in [2.24, 2.45) is 5.73 Å². The van der Waals surface area contributed by atoms with Gasteiger partial charge in [-0.3, -0.25) is 4.90 Å². The van der Waals surface area contributed by atoms with Gasteiger partial charge >= 0.3 is 0 Å². The van der Waals surface area contributed by atoms with Crippen LogP contribution in [0.2, 0.25) is 0 Å². The van der Waals surface area contributed by atoms with E-state index in [0.29, 0.717) is 0 Å². The molecule has 0 amide bonds. The molecule has 1 aromatic rings. The molecule has 1 aromatic carbocycles. The second kappa shape index (κ2) is 6.99. The van der Waals surface area contributed by atoms with Gasteiger partial charge in [-0.1, -0.05) is 35.0 Å². The van der Waals surface area contributed by atoms with E-state index in [1.165, 1.54) is 12.0 Å². The summed E-state index contributed by atoms with van der Waals surface area (Å²) in [5.41, 5.74) is 6.93. The molecule has 3 heteroatoms. The van der Waals surface area contributed by atoms with Gasteiger partial charge in [0.2, 0.25) is 0 Å². The monoisotopic (exact) mass is 270 g/mol. The molecule has 15 heavy (non-hydrogen) atoms. The van der Waals surface area contributed by atoms with Gasteiger partial charge in [0.15, 0.2) is 0 Å². The Bertz CT molecular complexity index is 283. The lowest BCUT2D eigenvalue weighted by molar-refractivity contribution is 0.273. The van der Waals surface area contributed by atoms with Crippen molar-refractivity contribution in [1.82, 2.24) is 4.90 Å². The average molecular weight is 271 g/mol. The smallest absolute Gasteiger partial charge is 0.0234 e. The number of nitrogens with two attached hydrogens (primary N) is 1. The molecular formula is C12H19BrN2. The highest BCUT2D eigenvalue weighted by Crippen LogP contribution is 2.13. The number of hydrogen-bond donors (Lipinski definition) is 1. The minimum Gasteiger partial charge on any atom is -0.329 e. The van der Waals surface area contributed by atoms with Crippen molar-refractivity contribution in [3.8, 4) is 0 Å². The molecule has 0 aliphatic rings. The Hall–Kier alpha value is -0.380. The minimum atomic E-state index is 0.730. The predicted molar refractivity (Wildman–Crippen MR) is 68.8 cm³/mol. The second-order valence-electron chi connectivity index (χ2n) is 3.69. The fourth-order valence-corrected chi connectivity index (χ4v) is 2.11. The summed E-state index contributed by atoms with van der Waals surface area (Å²) >= 11 is 3.49. The molecular weight excluding hydrogens is 252 g/mol. The van der Waals surface area contributed by atoms with Crippen molar-refractivity contribution < 1.29 is 0 Å². The zero-order valence-corrected chi connectivity index (χ0v) is 10.8. The van der Waals surface area contributed by atoms with E-state index in [2.05, 4.69) is 52.0 Å². The maximum absolute atomic E-state index is 5.59. The SMILES string of the molecule is CCCN(CCN)Cc1cccc(Br)c1. The van der Waals surface area contributed by atoms with E-state index in [1.807, 2.05) is 0 Å². The number of rotatable bonds is 6. The van der Waals surface area contributed by atoms with Crippen LogP contribution in [0.25, 0.3) is 0 Å². The van der Waals surface area contributed by atoms with Crippen molar-refractivity contribution in [3.05, 3.63) is 34.3 Å². The van der Waals surface area contributed by atoms with Crippen molar-refractivity contribution in [3.63, 3.8) is 0 Å². The van der Waals surface area contributed by atoms with Crippen LogP contribution < -0.4 is 5.73 Å². The fourth-order valence-electron chi connectivity index (χ4n) is 1.66. The van der Waals surface area contributed by atoms with E-state index in [4.69, 9.17) is 5.73 Å². The Morgan fingerprint density at radius 1 is 1.33 bits per heavy atom. The quantitative estimate of drug-likeness (QED) is 0.861. The standard InChI is InChI=1S/C12H19BrN2/c1-2-7-15(8-6-14)10-11-4-3-5-12(13)9-11/h3-5,9H,2,6-8,10,14H2,1H3. The molecule has 0 saturated heterocycles. The topological polar surface area (TPSA) is 29.3 Å². The molecule has 0 aromatic heterocycles. The molecule has 84 valence electrons. The summed E-state index contributed by atoms with van der Waals surface area (Å²) in [4.78, 5) is 2.39. The number of halogens is 1. The summed E-state index contributed by atoms with van der Waals surface area (Å²) in [6.45, 7) is 6.01. The molecule has 0 spiro atoms. The normalized spacial score (nSPS) is 10.9. The van der Waals surface area contributed by atoms with Crippen LogP contribution in [-0.2, 0) is 6.54 Å². The Balaban J connectivity index is 2.56. The molecule has 0 radical (unpaired) electrons. The average Bonchev–Trinajstić information content (AvgIpc) is 2.18. The summed E-state index contributed by atoms with van der Waals surface area (Å²) in [5, 5.41) is 0. The van der Waals surface area contributed by atoms with Crippen LogP contribution in [0.5, 0.6) is 0 Å². The van der Waals surface area contributed by atoms with Crippen molar-refractivity contribution >= 4 is 15.9 Å². The van der Waals surface area contributed by atoms with Gasteiger partial charge in [0, 0.05) is 24.1 Å². The Labute approximate surface area is 101 Å². The third kappa shape index (κ3) is 4.78.